The molecule has 1 aromatic carbocycles. The quantitative estimate of drug-likeness (QED) is 0.338. The lowest BCUT2D eigenvalue weighted by Gasteiger charge is -2.41. The van der Waals surface area contributed by atoms with Gasteiger partial charge in [0, 0.05) is 18.6 Å². The van der Waals surface area contributed by atoms with Gasteiger partial charge < -0.3 is 15.0 Å². The van der Waals surface area contributed by atoms with Gasteiger partial charge in [-0.3, -0.25) is 9.69 Å². The number of anilines is 1. The van der Waals surface area contributed by atoms with Crippen molar-refractivity contribution in [2.24, 2.45) is 5.92 Å². The van der Waals surface area contributed by atoms with Crippen LogP contribution in [0.25, 0.3) is 0 Å². The van der Waals surface area contributed by atoms with Crippen molar-refractivity contribution in [2.75, 3.05) is 24.6 Å². The highest BCUT2D eigenvalue weighted by Crippen LogP contribution is 2.41. The van der Waals surface area contributed by atoms with E-state index in [-0.39, 0.29) is 48.5 Å². The third kappa shape index (κ3) is 6.32. The number of hydrogen-bond donors (Lipinski definition) is 1. The standard InChI is InChI=1S/C26H31F5N4O2S.ClH/c1-24(2)22(36)34(19-4-3-16(14-32)21(13-19)26(29,30)31)23(38)35(24)18-5-7-20(8-6-18)37-12-10-17-9-11-33-15-25(17,27)28;/h3-4,13,17-18,20,33H,5-12,15H2,1-2H3;1H/t17-,18?,20?;/m1./s1. The molecule has 1 aromatic rings. The largest absolute Gasteiger partial charge is 0.417 e. The maximum absolute atomic E-state index is 14.0. The number of benzene rings is 1. The molecule has 0 unspecified atom stereocenters. The predicted octanol–water partition coefficient (Wildman–Crippen LogP) is 5.67. The second-order valence-corrected chi connectivity index (χ2v) is 11.1. The molecule has 2 heterocycles. The first kappa shape index (κ1) is 31.5. The van der Waals surface area contributed by atoms with Crippen molar-refractivity contribution in [3.05, 3.63) is 29.3 Å². The summed E-state index contributed by atoms with van der Waals surface area (Å²) in [6.45, 7) is 3.92. The number of carbonyl (C=O) groups excluding carboxylic acids is 1. The lowest BCUT2D eigenvalue weighted by molar-refractivity contribution is -0.137. The number of nitrogens with one attached hydrogen (secondary N) is 1. The maximum Gasteiger partial charge on any atom is 0.417 e. The fourth-order valence-electron chi connectivity index (χ4n) is 5.74. The van der Waals surface area contributed by atoms with E-state index in [1.807, 2.05) is 0 Å². The van der Waals surface area contributed by atoms with Gasteiger partial charge in [-0.15, -0.1) is 12.4 Å². The molecule has 13 heteroatoms. The number of piperidine rings is 1. The fourth-order valence-corrected chi connectivity index (χ4v) is 6.31. The SMILES string of the molecule is CC1(C)C(=O)N(c2ccc(C#N)c(C(F)(F)F)c2)C(=S)N1C1CCC(OCC[C@H]2CCNCC2(F)F)CC1.Cl. The molecule has 2 saturated heterocycles. The first-order valence-corrected chi connectivity index (χ1v) is 13.2. The summed E-state index contributed by atoms with van der Waals surface area (Å²) >= 11 is 5.62. The summed E-state index contributed by atoms with van der Waals surface area (Å²) in [5, 5.41) is 11.9. The van der Waals surface area contributed by atoms with Crippen molar-refractivity contribution in [1.82, 2.24) is 10.2 Å². The smallest absolute Gasteiger partial charge is 0.378 e. The van der Waals surface area contributed by atoms with Crippen LogP contribution in [0, 0.1) is 17.2 Å². The van der Waals surface area contributed by atoms with Crippen LogP contribution in [0.5, 0.6) is 0 Å². The average molecular weight is 595 g/mol. The minimum atomic E-state index is -4.76. The number of nitrogens with zero attached hydrogens (tertiary/aromatic N) is 3. The van der Waals surface area contributed by atoms with Gasteiger partial charge in [-0.05, 0) is 89.3 Å². The third-order valence-corrected chi connectivity index (χ3v) is 8.25. The van der Waals surface area contributed by atoms with Gasteiger partial charge in [0.25, 0.3) is 11.8 Å². The lowest BCUT2D eigenvalue weighted by Crippen LogP contribution is -2.51. The van der Waals surface area contributed by atoms with Gasteiger partial charge >= 0.3 is 6.18 Å². The van der Waals surface area contributed by atoms with Crippen LogP contribution in [0.1, 0.15) is 63.5 Å². The van der Waals surface area contributed by atoms with Crippen LogP contribution in [0.3, 0.4) is 0 Å². The Labute approximate surface area is 236 Å². The molecule has 1 N–H and O–H groups in total. The molecular weight excluding hydrogens is 563 g/mol. The zero-order valence-electron chi connectivity index (χ0n) is 21.7. The molecule has 3 fully saturated rings. The van der Waals surface area contributed by atoms with Crippen molar-refractivity contribution < 1.29 is 31.5 Å². The summed E-state index contributed by atoms with van der Waals surface area (Å²) < 4.78 is 74.6. The Balaban J connectivity index is 0.00000420. The fraction of sp³-hybridized carbons (Fsp3) is 0.654. The highest BCUT2D eigenvalue weighted by atomic mass is 35.5. The van der Waals surface area contributed by atoms with E-state index in [4.69, 9.17) is 22.2 Å². The molecule has 6 nitrogen and oxygen atoms in total. The van der Waals surface area contributed by atoms with Crippen molar-refractivity contribution >= 4 is 41.3 Å². The monoisotopic (exact) mass is 594 g/mol. The summed E-state index contributed by atoms with van der Waals surface area (Å²) in [5.74, 6) is -3.87. The number of alkyl halides is 5. The van der Waals surface area contributed by atoms with E-state index in [9.17, 15) is 26.7 Å². The van der Waals surface area contributed by atoms with Gasteiger partial charge in [-0.2, -0.15) is 18.4 Å². The highest BCUT2D eigenvalue weighted by Gasteiger charge is 2.52. The average Bonchev–Trinajstić information content (AvgIpc) is 3.03. The summed E-state index contributed by atoms with van der Waals surface area (Å²) in [6, 6.07) is 4.56. The zero-order valence-corrected chi connectivity index (χ0v) is 23.3. The summed E-state index contributed by atoms with van der Waals surface area (Å²) in [7, 11) is 0. The van der Waals surface area contributed by atoms with Gasteiger partial charge in [-0.25, -0.2) is 8.78 Å². The molecule has 0 spiro atoms. The molecule has 3 aliphatic rings. The summed E-state index contributed by atoms with van der Waals surface area (Å²) in [5.41, 5.74) is -2.77. The van der Waals surface area contributed by atoms with E-state index >= 15 is 0 Å². The third-order valence-electron chi connectivity index (χ3n) is 7.87. The number of ether oxygens (including phenoxy) is 1. The van der Waals surface area contributed by atoms with Gasteiger partial charge in [0.2, 0.25) is 0 Å². The molecule has 1 saturated carbocycles. The molecule has 0 aromatic heterocycles. The predicted molar refractivity (Wildman–Crippen MR) is 142 cm³/mol. The number of rotatable bonds is 6. The molecule has 39 heavy (non-hydrogen) atoms. The molecule has 1 aliphatic carbocycles. The Hall–Kier alpha value is -2.07. The van der Waals surface area contributed by atoms with E-state index in [2.05, 4.69) is 5.32 Å². The molecule has 216 valence electrons. The first-order chi connectivity index (χ1) is 17.8. The van der Waals surface area contributed by atoms with E-state index < -0.39 is 40.6 Å². The minimum absolute atomic E-state index is 0. The van der Waals surface area contributed by atoms with Gasteiger partial charge in [0.05, 0.1) is 35.5 Å². The molecule has 1 amide bonds. The molecule has 2 aliphatic heterocycles. The molecule has 4 rings (SSSR count). The van der Waals surface area contributed by atoms with Gasteiger partial charge in [-0.1, -0.05) is 0 Å². The topological polar surface area (TPSA) is 68.6 Å². The first-order valence-electron chi connectivity index (χ1n) is 12.8. The minimum Gasteiger partial charge on any atom is -0.378 e. The number of halogens is 6. The van der Waals surface area contributed by atoms with Crippen molar-refractivity contribution in [3.63, 3.8) is 0 Å². The molecule has 0 radical (unpaired) electrons. The van der Waals surface area contributed by atoms with Crippen LogP contribution in [-0.4, -0.2) is 59.2 Å². The number of amides is 1. The number of hydrogen-bond acceptors (Lipinski definition) is 5. The second-order valence-electron chi connectivity index (χ2n) is 10.7. The van der Waals surface area contributed by atoms with E-state index in [1.165, 1.54) is 6.07 Å². The van der Waals surface area contributed by atoms with Crippen molar-refractivity contribution in [2.45, 2.75) is 82.2 Å². The Bertz CT molecular complexity index is 1120. The molecular formula is C26H32ClF5N4O2S. The maximum atomic E-state index is 14.0. The second kappa shape index (κ2) is 11.8. The number of nitriles is 1. The zero-order chi connectivity index (χ0) is 27.9. The van der Waals surface area contributed by atoms with Gasteiger partial charge in [0.1, 0.15) is 5.54 Å². The summed E-state index contributed by atoms with van der Waals surface area (Å²) in [6.07, 6.45) is -1.54. The van der Waals surface area contributed by atoms with Crippen molar-refractivity contribution in [1.29, 1.82) is 5.26 Å². The van der Waals surface area contributed by atoms with Crippen LogP contribution < -0.4 is 10.2 Å². The van der Waals surface area contributed by atoms with Gasteiger partial charge in [0.15, 0.2) is 5.11 Å². The normalized spacial score (nSPS) is 26.8. The van der Waals surface area contributed by atoms with Crippen molar-refractivity contribution in [3.8, 4) is 6.07 Å². The van der Waals surface area contributed by atoms with E-state index in [0.717, 1.165) is 17.0 Å². The lowest BCUT2D eigenvalue weighted by atomic mass is 9.89. The highest BCUT2D eigenvalue weighted by molar-refractivity contribution is 7.80. The molecule has 0 bridgehead atoms. The Morgan fingerprint density at radius 1 is 1.18 bits per heavy atom. The van der Waals surface area contributed by atoms with Crippen LogP contribution in [0.15, 0.2) is 18.2 Å². The summed E-state index contributed by atoms with van der Waals surface area (Å²) in [4.78, 5) is 16.3. The molecule has 1 atom stereocenters. The van der Waals surface area contributed by atoms with Crippen LogP contribution in [0.2, 0.25) is 0 Å². The Morgan fingerprint density at radius 2 is 1.85 bits per heavy atom. The van der Waals surface area contributed by atoms with Crippen LogP contribution in [-0.2, 0) is 15.7 Å². The van der Waals surface area contributed by atoms with E-state index in [0.29, 0.717) is 45.1 Å². The number of thiocarbonyl (C=S) groups is 1. The number of carbonyl (C=O) groups is 1. The van der Waals surface area contributed by atoms with Crippen LogP contribution >= 0.6 is 24.6 Å². The Morgan fingerprint density at radius 3 is 2.44 bits per heavy atom. The van der Waals surface area contributed by atoms with E-state index in [1.54, 1.807) is 24.8 Å². The Kier molecular flexibility index (Phi) is 9.52. The van der Waals surface area contributed by atoms with Crippen LogP contribution in [0.4, 0.5) is 27.6 Å².